The van der Waals surface area contributed by atoms with E-state index in [1.165, 1.54) is 44.1 Å². The molecular formula is C21H28O2. The molecule has 6 atom stereocenters. The van der Waals surface area contributed by atoms with Gasteiger partial charge in [-0.25, -0.2) is 0 Å². The molecule has 1 aromatic heterocycles. The summed E-state index contributed by atoms with van der Waals surface area (Å²) in [5.74, 6) is 4.34. The zero-order valence-electron chi connectivity index (χ0n) is 14.4. The zero-order chi connectivity index (χ0) is 15.7. The van der Waals surface area contributed by atoms with Crippen molar-refractivity contribution in [3.8, 4) is 0 Å². The predicted molar refractivity (Wildman–Crippen MR) is 91.1 cm³/mol. The zero-order valence-corrected chi connectivity index (χ0v) is 14.4. The molecule has 1 heterocycles. The molecule has 0 aromatic carbocycles. The van der Waals surface area contributed by atoms with E-state index in [4.69, 9.17) is 9.15 Å². The van der Waals surface area contributed by atoms with Crippen LogP contribution < -0.4 is 0 Å². The molecule has 0 unspecified atom stereocenters. The molecule has 2 heteroatoms. The fourth-order valence-electron chi connectivity index (χ4n) is 7.25. The fourth-order valence-corrected chi connectivity index (χ4v) is 7.25. The van der Waals surface area contributed by atoms with E-state index in [0.29, 0.717) is 16.7 Å². The number of methoxy groups -OCH3 is 1. The van der Waals surface area contributed by atoms with Crippen molar-refractivity contribution in [2.75, 3.05) is 13.7 Å². The Hall–Kier alpha value is -1.02. The highest BCUT2D eigenvalue weighted by molar-refractivity contribution is 5.55. The van der Waals surface area contributed by atoms with E-state index < -0.39 is 0 Å². The van der Waals surface area contributed by atoms with Gasteiger partial charge in [0.2, 0.25) is 0 Å². The molecule has 124 valence electrons. The molecule has 23 heavy (non-hydrogen) atoms. The van der Waals surface area contributed by atoms with E-state index in [2.05, 4.69) is 25.1 Å². The lowest BCUT2D eigenvalue weighted by atomic mass is 9.46. The smallest absolute Gasteiger partial charge is 0.129 e. The van der Waals surface area contributed by atoms with Gasteiger partial charge < -0.3 is 9.15 Å². The highest BCUT2D eigenvalue weighted by atomic mass is 16.5. The van der Waals surface area contributed by atoms with Crippen molar-refractivity contribution in [3.63, 3.8) is 0 Å². The minimum Gasteiger partial charge on any atom is -0.465 e. The normalized spacial score (nSPS) is 47.0. The summed E-state index contributed by atoms with van der Waals surface area (Å²) in [6.07, 6.45) is 15.1. The Bertz CT molecular complexity index is 644. The number of ether oxygens (including phenoxy) is 1. The number of allylic oxidation sites excluding steroid dienone is 1. The van der Waals surface area contributed by atoms with Crippen molar-refractivity contribution in [2.24, 2.45) is 28.6 Å². The van der Waals surface area contributed by atoms with Crippen LogP contribution in [0.1, 0.15) is 62.7 Å². The summed E-state index contributed by atoms with van der Waals surface area (Å²) in [7, 11) is 1.87. The predicted octanol–water partition coefficient (Wildman–Crippen LogP) is 5.26. The van der Waals surface area contributed by atoms with Crippen LogP contribution in [-0.2, 0) is 4.74 Å². The van der Waals surface area contributed by atoms with Crippen LogP contribution in [0.5, 0.6) is 0 Å². The van der Waals surface area contributed by atoms with E-state index in [1.54, 1.807) is 0 Å². The van der Waals surface area contributed by atoms with Crippen molar-refractivity contribution in [1.29, 1.82) is 0 Å². The molecule has 4 aliphatic rings. The second-order valence-electron chi connectivity index (χ2n) is 8.91. The Morgan fingerprint density at radius 2 is 2.17 bits per heavy atom. The maximum atomic E-state index is 5.69. The van der Waals surface area contributed by atoms with Crippen LogP contribution in [0.4, 0.5) is 0 Å². The molecule has 5 rings (SSSR count). The third-order valence-electron chi connectivity index (χ3n) is 8.08. The Balaban J connectivity index is 1.53. The van der Waals surface area contributed by atoms with Crippen molar-refractivity contribution in [2.45, 2.75) is 51.4 Å². The summed E-state index contributed by atoms with van der Waals surface area (Å²) in [5, 5.41) is 0. The van der Waals surface area contributed by atoms with Gasteiger partial charge >= 0.3 is 0 Å². The van der Waals surface area contributed by atoms with E-state index in [9.17, 15) is 0 Å². The molecular weight excluding hydrogens is 284 g/mol. The molecule has 0 amide bonds. The van der Waals surface area contributed by atoms with Gasteiger partial charge in [0.05, 0.1) is 6.26 Å². The number of rotatable bonds is 2. The summed E-state index contributed by atoms with van der Waals surface area (Å²) >= 11 is 0. The van der Waals surface area contributed by atoms with Crippen LogP contribution in [0.15, 0.2) is 22.8 Å². The van der Waals surface area contributed by atoms with Crippen LogP contribution in [0.3, 0.4) is 0 Å². The average Bonchev–Trinajstić information content (AvgIpc) is 3.10. The number of fused-ring (bicyclic) bond motifs is 5. The Morgan fingerprint density at radius 3 is 3.04 bits per heavy atom. The Kier molecular flexibility index (Phi) is 2.96. The third-order valence-corrected chi connectivity index (χ3v) is 8.08. The van der Waals surface area contributed by atoms with Gasteiger partial charge in [0.1, 0.15) is 5.76 Å². The first-order valence-corrected chi connectivity index (χ1v) is 9.42. The van der Waals surface area contributed by atoms with Crippen molar-refractivity contribution >= 4 is 6.08 Å². The lowest BCUT2D eigenvalue weighted by Crippen LogP contribution is -2.49. The lowest BCUT2D eigenvalue weighted by Gasteiger charge is -2.58. The topological polar surface area (TPSA) is 22.4 Å². The average molecular weight is 312 g/mol. The molecule has 3 saturated carbocycles. The monoisotopic (exact) mass is 312 g/mol. The quantitative estimate of drug-likeness (QED) is 0.743. The maximum Gasteiger partial charge on any atom is 0.129 e. The van der Waals surface area contributed by atoms with Gasteiger partial charge in [-0.15, -0.1) is 0 Å². The largest absolute Gasteiger partial charge is 0.465 e. The molecule has 0 N–H and O–H groups in total. The molecule has 1 aromatic rings. The molecule has 1 spiro atoms. The molecule has 2 nitrogen and oxygen atoms in total. The minimum absolute atomic E-state index is 0.321. The highest BCUT2D eigenvalue weighted by Crippen LogP contribution is 2.70. The second-order valence-corrected chi connectivity index (χ2v) is 8.91. The second kappa shape index (κ2) is 4.75. The molecule has 4 aliphatic carbocycles. The summed E-state index contributed by atoms with van der Waals surface area (Å²) in [6, 6.07) is 2.23. The minimum atomic E-state index is 0.321. The van der Waals surface area contributed by atoms with Crippen LogP contribution in [-0.4, -0.2) is 13.7 Å². The van der Waals surface area contributed by atoms with E-state index in [1.807, 2.05) is 13.4 Å². The van der Waals surface area contributed by atoms with Gasteiger partial charge in [0.15, 0.2) is 0 Å². The first-order valence-electron chi connectivity index (χ1n) is 9.42. The molecule has 2 bridgehead atoms. The van der Waals surface area contributed by atoms with E-state index >= 15 is 0 Å². The van der Waals surface area contributed by atoms with Gasteiger partial charge in [0, 0.05) is 19.3 Å². The van der Waals surface area contributed by atoms with Gasteiger partial charge in [-0.1, -0.05) is 13.0 Å². The fraction of sp³-hybridized carbons (Fsp3) is 0.714. The third kappa shape index (κ3) is 1.79. The Morgan fingerprint density at radius 1 is 1.26 bits per heavy atom. The Labute approximate surface area is 139 Å². The molecule has 0 saturated heterocycles. The van der Waals surface area contributed by atoms with Crippen molar-refractivity contribution in [3.05, 3.63) is 29.7 Å². The summed E-state index contributed by atoms with van der Waals surface area (Å²) < 4.78 is 11.2. The van der Waals surface area contributed by atoms with Crippen LogP contribution in [0, 0.1) is 28.6 Å². The van der Waals surface area contributed by atoms with Gasteiger partial charge in [-0.2, -0.15) is 0 Å². The summed E-state index contributed by atoms with van der Waals surface area (Å²) in [4.78, 5) is 0. The van der Waals surface area contributed by atoms with Gasteiger partial charge in [0.25, 0.3) is 0 Å². The standard InChI is InChI=1S/C21H28O2/c1-20-8-6-18-16(7-10-23-18)17(20)5-9-21-11-14(3-4-19(20)21)15(12-21)13-22-2/h6-8,10,14-15,17,19H,3-5,9,11-13H2,1-2H3/t14-,15-,17-,19+,20-,21+/m1/s1. The van der Waals surface area contributed by atoms with Crippen LogP contribution in [0.25, 0.3) is 6.08 Å². The SMILES string of the molecule is COC[C@H]1C[C@@]23CC[C@@H]4c5ccoc5C=C[C@@]4(C)[C@@H]2CC[C@@H]1C3. The molecule has 0 radical (unpaired) electrons. The molecule has 3 fully saturated rings. The van der Waals surface area contributed by atoms with E-state index in [0.717, 1.165) is 30.1 Å². The lowest BCUT2D eigenvalue weighted by molar-refractivity contribution is -0.0334. The summed E-state index contributed by atoms with van der Waals surface area (Å²) in [6.45, 7) is 3.51. The number of hydrogen-bond acceptors (Lipinski definition) is 2. The number of furan rings is 1. The first kappa shape index (κ1) is 14.3. The van der Waals surface area contributed by atoms with Crippen LogP contribution in [0.2, 0.25) is 0 Å². The van der Waals surface area contributed by atoms with Crippen molar-refractivity contribution in [1.82, 2.24) is 0 Å². The maximum absolute atomic E-state index is 5.69. The van der Waals surface area contributed by atoms with Gasteiger partial charge in [-0.05, 0) is 85.2 Å². The molecule has 0 aliphatic heterocycles. The van der Waals surface area contributed by atoms with Crippen LogP contribution >= 0.6 is 0 Å². The van der Waals surface area contributed by atoms with E-state index in [-0.39, 0.29) is 0 Å². The first-order chi connectivity index (χ1) is 11.2. The highest BCUT2D eigenvalue weighted by Gasteiger charge is 2.61. The van der Waals surface area contributed by atoms with Crippen molar-refractivity contribution < 1.29 is 9.15 Å². The summed E-state index contributed by atoms with van der Waals surface area (Å²) in [5.41, 5.74) is 2.38. The number of hydrogen-bond donors (Lipinski definition) is 0. The van der Waals surface area contributed by atoms with Gasteiger partial charge in [-0.3, -0.25) is 0 Å².